The molecular formula is C10H20N2. The Morgan fingerprint density at radius 3 is 2.92 bits per heavy atom. The van der Waals surface area contributed by atoms with Crippen molar-refractivity contribution in [3.63, 3.8) is 0 Å². The Kier molecular flexibility index (Phi) is 7.60. The molecule has 0 saturated heterocycles. The van der Waals surface area contributed by atoms with E-state index in [1.807, 2.05) is 12.3 Å². The van der Waals surface area contributed by atoms with E-state index in [1.165, 1.54) is 5.57 Å². The third-order valence-corrected chi connectivity index (χ3v) is 1.38. The van der Waals surface area contributed by atoms with E-state index in [-0.39, 0.29) is 1.43 Å². The molecule has 0 aliphatic heterocycles. The highest BCUT2D eigenvalue weighted by Crippen LogP contribution is 1.88. The number of rotatable bonds is 6. The molecular weight excluding hydrogens is 148 g/mol. The minimum Gasteiger partial charge on any atom is -0.313 e. The predicted molar refractivity (Wildman–Crippen MR) is 58.0 cm³/mol. The van der Waals surface area contributed by atoms with Crippen LogP contribution in [0.3, 0.4) is 0 Å². The number of allylic oxidation sites excluding steroid dienone is 2. The van der Waals surface area contributed by atoms with Crippen molar-refractivity contribution in [1.29, 1.82) is 0 Å². The van der Waals surface area contributed by atoms with Gasteiger partial charge < -0.3 is 5.32 Å². The van der Waals surface area contributed by atoms with Crippen LogP contribution in [0.1, 0.15) is 14.8 Å². The van der Waals surface area contributed by atoms with Crippen molar-refractivity contribution in [3.05, 3.63) is 24.3 Å². The standard InChI is InChI=1S/C10H18N2.H2/c1-4-6-10(8-11-3)9-12-7-5-2;/h4,6,8,12H,1,5,7,9H2,2-3H3;1H/b10-6+,11-8?;. The Morgan fingerprint density at radius 2 is 2.42 bits per heavy atom. The molecule has 1 N–H and O–H groups in total. The molecule has 0 amide bonds. The summed E-state index contributed by atoms with van der Waals surface area (Å²) in [4.78, 5) is 3.95. The van der Waals surface area contributed by atoms with Gasteiger partial charge in [0.25, 0.3) is 0 Å². The fourth-order valence-electron chi connectivity index (χ4n) is 0.874. The Balaban J connectivity index is 0. The second-order valence-corrected chi connectivity index (χ2v) is 2.54. The Bertz CT molecular complexity index is 174. The van der Waals surface area contributed by atoms with Crippen LogP contribution in [-0.2, 0) is 0 Å². The summed E-state index contributed by atoms with van der Waals surface area (Å²) in [6, 6.07) is 0. The summed E-state index contributed by atoms with van der Waals surface area (Å²) >= 11 is 0. The summed E-state index contributed by atoms with van der Waals surface area (Å²) in [5.74, 6) is 0. The Morgan fingerprint density at radius 1 is 1.67 bits per heavy atom. The lowest BCUT2D eigenvalue weighted by Gasteiger charge is -2.01. The second kappa shape index (κ2) is 8.21. The molecule has 0 heterocycles. The molecule has 0 aromatic rings. The van der Waals surface area contributed by atoms with Gasteiger partial charge in [-0.25, -0.2) is 0 Å². The van der Waals surface area contributed by atoms with Crippen LogP contribution in [0.2, 0.25) is 0 Å². The van der Waals surface area contributed by atoms with E-state index in [1.54, 1.807) is 13.1 Å². The van der Waals surface area contributed by atoms with Gasteiger partial charge in [0.05, 0.1) is 0 Å². The average molecular weight is 168 g/mol. The minimum absolute atomic E-state index is 0. The van der Waals surface area contributed by atoms with Gasteiger partial charge >= 0.3 is 0 Å². The largest absolute Gasteiger partial charge is 0.313 e. The second-order valence-electron chi connectivity index (χ2n) is 2.54. The van der Waals surface area contributed by atoms with Crippen molar-refractivity contribution in [3.8, 4) is 0 Å². The zero-order chi connectivity index (χ0) is 9.23. The molecule has 0 fully saturated rings. The zero-order valence-corrected chi connectivity index (χ0v) is 8.01. The van der Waals surface area contributed by atoms with Gasteiger partial charge in [0, 0.05) is 21.2 Å². The fraction of sp³-hybridized carbons (Fsp3) is 0.500. The van der Waals surface area contributed by atoms with E-state index in [2.05, 4.69) is 23.8 Å². The lowest BCUT2D eigenvalue weighted by atomic mass is 10.2. The van der Waals surface area contributed by atoms with Gasteiger partial charge in [-0.3, -0.25) is 4.99 Å². The summed E-state index contributed by atoms with van der Waals surface area (Å²) in [7, 11) is 1.77. The lowest BCUT2D eigenvalue weighted by Crippen LogP contribution is -2.18. The highest BCUT2D eigenvalue weighted by Gasteiger charge is 1.89. The number of hydrogen-bond donors (Lipinski definition) is 1. The van der Waals surface area contributed by atoms with E-state index >= 15 is 0 Å². The summed E-state index contributed by atoms with van der Waals surface area (Å²) in [6.45, 7) is 7.72. The first-order chi connectivity index (χ1) is 5.85. The molecule has 70 valence electrons. The van der Waals surface area contributed by atoms with Gasteiger partial charge in [-0.05, 0) is 18.5 Å². The molecule has 0 aliphatic rings. The third-order valence-electron chi connectivity index (χ3n) is 1.38. The first-order valence-electron chi connectivity index (χ1n) is 4.29. The highest BCUT2D eigenvalue weighted by molar-refractivity contribution is 5.79. The van der Waals surface area contributed by atoms with E-state index in [0.29, 0.717) is 0 Å². The molecule has 0 aliphatic carbocycles. The van der Waals surface area contributed by atoms with Gasteiger partial charge in [0.1, 0.15) is 0 Å². The molecule has 2 nitrogen and oxygen atoms in total. The third kappa shape index (κ3) is 5.86. The molecule has 0 aromatic carbocycles. The number of aliphatic imine (C=N–C) groups is 1. The van der Waals surface area contributed by atoms with Crippen LogP contribution < -0.4 is 5.32 Å². The molecule has 0 spiro atoms. The molecule has 0 radical (unpaired) electrons. The van der Waals surface area contributed by atoms with Gasteiger partial charge in [-0.2, -0.15) is 0 Å². The molecule has 0 saturated carbocycles. The number of hydrogen-bond acceptors (Lipinski definition) is 2. The molecule has 0 atom stereocenters. The van der Waals surface area contributed by atoms with Crippen molar-refractivity contribution in [2.75, 3.05) is 20.1 Å². The van der Waals surface area contributed by atoms with Crippen LogP contribution >= 0.6 is 0 Å². The van der Waals surface area contributed by atoms with Gasteiger partial charge in [-0.1, -0.05) is 25.7 Å². The minimum atomic E-state index is 0. The first kappa shape index (κ1) is 11.1. The fourth-order valence-corrected chi connectivity index (χ4v) is 0.874. The molecule has 0 bridgehead atoms. The van der Waals surface area contributed by atoms with Crippen LogP contribution in [-0.4, -0.2) is 26.4 Å². The van der Waals surface area contributed by atoms with E-state index in [9.17, 15) is 0 Å². The Labute approximate surface area is 76.6 Å². The van der Waals surface area contributed by atoms with E-state index < -0.39 is 0 Å². The van der Waals surface area contributed by atoms with Crippen molar-refractivity contribution in [2.45, 2.75) is 13.3 Å². The molecule has 12 heavy (non-hydrogen) atoms. The smallest absolute Gasteiger partial charge is 0.0277 e. The first-order valence-corrected chi connectivity index (χ1v) is 4.29. The maximum absolute atomic E-state index is 3.95. The van der Waals surface area contributed by atoms with Gasteiger partial charge in [0.15, 0.2) is 0 Å². The number of nitrogens with zero attached hydrogens (tertiary/aromatic N) is 1. The summed E-state index contributed by atoms with van der Waals surface area (Å²) in [5, 5.41) is 3.30. The summed E-state index contributed by atoms with van der Waals surface area (Å²) < 4.78 is 0. The van der Waals surface area contributed by atoms with Crippen LogP contribution in [0.25, 0.3) is 0 Å². The van der Waals surface area contributed by atoms with E-state index in [4.69, 9.17) is 0 Å². The van der Waals surface area contributed by atoms with Crippen molar-refractivity contribution >= 4 is 6.21 Å². The van der Waals surface area contributed by atoms with Gasteiger partial charge in [-0.15, -0.1) is 0 Å². The Hall–Kier alpha value is -0.890. The lowest BCUT2D eigenvalue weighted by molar-refractivity contribution is 0.723. The summed E-state index contributed by atoms with van der Waals surface area (Å²) in [6.07, 6.45) is 6.76. The maximum atomic E-state index is 3.95. The summed E-state index contributed by atoms with van der Waals surface area (Å²) in [5.41, 5.74) is 1.17. The monoisotopic (exact) mass is 168 g/mol. The van der Waals surface area contributed by atoms with Crippen molar-refractivity contribution in [2.24, 2.45) is 4.99 Å². The zero-order valence-electron chi connectivity index (χ0n) is 8.01. The molecule has 0 aromatic heterocycles. The van der Waals surface area contributed by atoms with Crippen LogP contribution in [0, 0.1) is 0 Å². The van der Waals surface area contributed by atoms with E-state index in [0.717, 1.165) is 19.5 Å². The number of nitrogens with one attached hydrogen (secondary N) is 1. The van der Waals surface area contributed by atoms with Crippen molar-refractivity contribution in [1.82, 2.24) is 5.32 Å². The average Bonchev–Trinajstić information content (AvgIpc) is 2.06. The van der Waals surface area contributed by atoms with Crippen LogP contribution in [0.4, 0.5) is 0 Å². The highest BCUT2D eigenvalue weighted by atomic mass is 14.8. The predicted octanol–water partition coefficient (Wildman–Crippen LogP) is 2.04. The molecule has 0 unspecified atom stereocenters. The normalized spacial score (nSPS) is 12.3. The SMILES string of the molecule is C=C/C=C(\C=NC)CNCCC.[HH]. The van der Waals surface area contributed by atoms with Crippen LogP contribution in [0.15, 0.2) is 29.3 Å². The van der Waals surface area contributed by atoms with Crippen molar-refractivity contribution < 1.29 is 1.43 Å². The maximum Gasteiger partial charge on any atom is 0.0277 e. The van der Waals surface area contributed by atoms with Gasteiger partial charge in [0.2, 0.25) is 0 Å². The molecule has 2 heteroatoms. The topological polar surface area (TPSA) is 24.4 Å². The van der Waals surface area contributed by atoms with Crippen LogP contribution in [0.5, 0.6) is 0 Å². The molecule has 0 rings (SSSR count). The quantitative estimate of drug-likeness (QED) is 0.366.